The standard InChI is InChI=1S/C12H22N4O2S/c1-8(5-6-17)7-13-10(18)14-11-16-15-9(19-11)12(2,3)4/h8,17H,5-7H2,1-4H3,(H2,13,14,16,18). The molecule has 0 saturated heterocycles. The number of carbonyl (C=O) groups is 1. The van der Waals surface area contributed by atoms with Crippen LogP contribution in [-0.2, 0) is 5.41 Å². The number of carbonyl (C=O) groups excluding carboxylic acids is 1. The molecule has 1 atom stereocenters. The van der Waals surface area contributed by atoms with Crippen molar-refractivity contribution in [3.8, 4) is 0 Å². The maximum atomic E-state index is 11.6. The summed E-state index contributed by atoms with van der Waals surface area (Å²) in [6.07, 6.45) is 0.674. The minimum Gasteiger partial charge on any atom is -0.396 e. The number of nitrogens with zero attached hydrogens (tertiary/aromatic N) is 2. The summed E-state index contributed by atoms with van der Waals surface area (Å²) in [5.41, 5.74) is -0.0658. The fraction of sp³-hybridized carbons (Fsp3) is 0.750. The molecule has 108 valence electrons. The maximum Gasteiger partial charge on any atom is 0.321 e. The van der Waals surface area contributed by atoms with Crippen LogP contribution in [0.1, 0.15) is 39.1 Å². The van der Waals surface area contributed by atoms with Crippen LogP contribution in [0.5, 0.6) is 0 Å². The number of amides is 2. The van der Waals surface area contributed by atoms with E-state index in [9.17, 15) is 4.79 Å². The lowest BCUT2D eigenvalue weighted by Gasteiger charge is -2.12. The van der Waals surface area contributed by atoms with Crippen LogP contribution in [0, 0.1) is 5.92 Å². The molecule has 0 fully saturated rings. The summed E-state index contributed by atoms with van der Waals surface area (Å²) in [6.45, 7) is 8.78. The van der Waals surface area contributed by atoms with Crippen molar-refractivity contribution in [2.75, 3.05) is 18.5 Å². The summed E-state index contributed by atoms with van der Waals surface area (Å²) in [5.74, 6) is 0.246. The molecular formula is C12H22N4O2S. The molecule has 7 heteroatoms. The Balaban J connectivity index is 2.42. The molecule has 6 nitrogen and oxygen atoms in total. The van der Waals surface area contributed by atoms with Crippen LogP contribution in [0.25, 0.3) is 0 Å². The Morgan fingerprint density at radius 1 is 1.42 bits per heavy atom. The number of aliphatic hydroxyl groups is 1. The van der Waals surface area contributed by atoms with Crippen LogP contribution in [0.2, 0.25) is 0 Å². The molecule has 0 saturated carbocycles. The van der Waals surface area contributed by atoms with Crippen molar-refractivity contribution in [3.05, 3.63) is 5.01 Å². The van der Waals surface area contributed by atoms with E-state index < -0.39 is 0 Å². The Bertz CT molecular complexity index is 414. The van der Waals surface area contributed by atoms with Gasteiger partial charge >= 0.3 is 6.03 Å². The molecule has 1 rings (SSSR count). The van der Waals surface area contributed by atoms with E-state index in [1.807, 2.05) is 27.7 Å². The molecule has 1 unspecified atom stereocenters. The van der Waals surface area contributed by atoms with Gasteiger partial charge in [0.25, 0.3) is 0 Å². The third-order valence-electron chi connectivity index (χ3n) is 2.52. The minimum atomic E-state index is -0.290. The lowest BCUT2D eigenvalue weighted by molar-refractivity contribution is 0.243. The Morgan fingerprint density at radius 2 is 2.11 bits per heavy atom. The Hall–Kier alpha value is -1.21. The van der Waals surface area contributed by atoms with Crippen LogP contribution in [0.4, 0.5) is 9.93 Å². The van der Waals surface area contributed by atoms with Gasteiger partial charge in [0.2, 0.25) is 5.13 Å². The van der Waals surface area contributed by atoms with Gasteiger partial charge in [0, 0.05) is 18.6 Å². The first-order chi connectivity index (χ1) is 8.82. The highest BCUT2D eigenvalue weighted by Crippen LogP contribution is 2.27. The number of aromatic nitrogens is 2. The van der Waals surface area contributed by atoms with Crippen LogP contribution in [-0.4, -0.2) is 34.5 Å². The van der Waals surface area contributed by atoms with Crippen LogP contribution >= 0.6 is 11.3 Å². The number of hydrogen-bond donors (Lipinski definition) is 3. The fourth-order valence-corrected chi connectivity index (χ4v) is 2.10. The monoisotopic (exact) mass is 286 g/mol. The number of urea groups is 1. The first-order valence-electron chi connectivity index (χ1n) is 6.32. The highest BCUT2D eigenvalue weighted by molar-refractivity contribution is 7.15. The van der Waals surface area contributed by atoms with Crippen molar-refractivity contribution in [2.24, 2.45) is 5.92 Å². The van der Waals surface area contributed by atoms with E-state index >= 15 is 0 Å². The third-order valence-corrected chi connectivity index (χ3v) is 3.78. The van der Waals surface area contributed by atoms with Gasteiger partial charge in [-0.05, 0) is 12.3 Å². The summed E-state index contributed by atoms with van der Waals surface area (Å²) in [7, 11) is 0. The van der Waals surface area contributed by atoms with Gasteiger partial charge in [-0.1, -0.05) is 39.0 Å². The summed E-state index contributed by atoms with van der Waals surface area (Å²) >= 11 is 1.38. The summed E-state index contributed by atoms with van der Waals surface area (Å²) < 4.78 is 0. The van der Waals surface area contributed by atoms with Crippen molar-refractivity contribution >= 4 is 22.5 Å². The molecule has 0 aromatic carbocycles. The molecule has 1 aromatic heterocycles. The summed E-state index contributed by atoms with van der Waals surface area (Å²) in [4.78, 5) is 11.6. The highest BCUT2D eigenvalue weighted by Gasteiger charge is 2.19. The second kappa shape index (κ2) is 6.81. The zero-order valence-corrected chi connectivity index (χ0v) is 12.7. The van der Waals surface area contributed by atoms with E-state index in [4.69, 9.17) is 5.11 Å². The average Bonchev–Trinajstić information content (AvgIpc) is 2.75. The predicted molar refractivity (Wildman–Crippen MR) is 76.5 cm³/mol. The van der Waals surface area contributed by atoms with Gasteiger partial charge in [0.1, 0.15) is 5.01 Å². The van der Waals surface area contributed by atoms with Gasteiger partial charge in [0.15, 0.2) is 0 Å². The molecule has 0 aliphatic carbocycles. The Morgan fingerprint density at radius 3 is 2.63 bits per heavy atom. The van der Waals surface area contributed by atoms with Crippen molar-refractivity contribution in [3.63, 3.8) is 0 Å². The first kappa shape index (κ1) is 15.8. The van der Waals surface area contributed by atoms with Crippen molar-refractivity contribution in [1.29, 1.82) is 0 Å². The lowest BCUT2D eigenvalue weighted by Crippen LogP contribution is -2.32. The van der Waals surface area contributed by atoms with E-state index in [0.717, 1.165) is 5.01 Å². The normalized spacial score (nSPS) is 13.1. The lowest BCUT2D eigenvalue weighted by atomic mass is 9.98. The van der Waals surface area contributed by atoms with Crippen molar-refractivity contribution < 1.29 is 9.90 Å². The van der Waals surface area contributed by atoms with E-state index in [1.165, 1.54) is 11.3 Å². The molecule has 0 spiro atoms. The SMILES string of the molecule is CC(CCO)CNC(=O)Nc1nnc(C(C)(C)C)s1. The van der Waals surface area contributed by atoms with E-state index in [2.05, 4.69) is 20.8 Å². The molecule has 0 aliphatic heterocycles. The van der Waals surface area contributed by atoms with Crippen molar-refractivity contribution in [1.82, 2.24) is 15.5 Å². The molecule has 1 heterocycles. The topological polar surface area (TPSA) is 87.1 Å². The van der Waals surface area contributed by atoms with Crippen LogP contribution in [0.15, 0.2) is 0 Å². The molecule has 19 heavy (non-hydrogen) atoms. The zero-order chi connectivity index (χ0) is 14.5. The maximum absolute atomic E-state index is 11.6. The number of aliphatic hydroxyl groups excluding tert-OH is 1. The number of hydrogen-bond acceptors (Lipinski definition) is 5. The number of anilines is 1. The van der Waals surface area contributed by atoms with E-state index in [-0.39, 0.29) is 24.0 Å². The highest BCUT2D eigenvalue weighted by atomic mass is 32.1. The first-order valence-corrected chi connectivity index (χ1v) is 7.14. The summed E-state index contributed by atoms with van der Waals surface area (Å²) in [5, 5.41) is 23.6. The third kappa shape index (κ3) is 5.52. The van der Waals surface area contributed by atoms with Gasteiger partial charge < -0.3 is 10.4 Å². The van der Waals surface area contributed by atoms with Crippen LogP contribution in [0.3, 0.4) is 0 Å². The summed E-state index contributed by atoms with van der Waals surface area (Å²) in [6, 6.07) is -0.290. The van der Waals surface area contributed by atoms with Crippen molar-refractivity contribution in [2.45, 2.75) is 39.5 Å². The van der Waals surface area contributed by atoms with Gasteiger partial charge in [-0.25, -0.2) is 4.79 Å². The second-order valence-electron chi connectivity index (χ2n) is 5.61. The Labute approximate surface area is 117 Å². The molecule has 0 bridgehead atoms. The molecule has 2 amide bonds. The fourth-order valence-electron chi connectivity index (χ4n) is 1.31. The molecule has 0 radical (unpaired) electrons. The van der Waals surface area contributed by atoms with Gasteiger partial charge in [-0.15, -0.1) is 10.2 Å². The number of nitrogens with one attached hydrogen (secondary N) is 2. The minimum absolute atomic E-state index is 0.0658. The van der Waals surface area contributed by atoms with Gasteiger partial charge in [-0.3, -0.25) is 5.32 Å². The molecular weight excluding hydrogens is 264 g/mol. The number of rotatable bonds is 5. The van der Waals surface area contributed by atoms with Crippen LogP contribution < -0.4 is 10.6 Å². The van der Waals surface area contributed by atoms with Gasteiger partial charge in [-0.2, -0.15) is 0 Å². The van der Waals surface area contributed by atoms with E-state index in [0.29, 0.717) is 18.1 Å². The smallest absolute Gasteiger partial charge is 0.321 e. The second-order valence-corrected chi connectivity index (χ2v) is 6.59. The largest absolute Gasteiger partial charge is 0.396 e. The van der Waals surface area contributed by atoms with Gasteiger partial charge in [0.05, 0.1) is 0 Å². The average molecular weight is 286 g/mol. The quantitative estimate of drug-likeness (QED) is 0.772. The Kier molecular flexibility index (Phi) is 5.68. The molecule has 0 aliphatic rings. The molecule has 3 N–H and O–H groups in total. The zero-order valence-electron chi connectivity index (χ0n) is 11.9. The predicted octanol–water partition coefficient (Wildman–Crippen LogP) is 1.98. The molecule has 1 aromatic rings. The van der Waals surface area contributed by atoms with E-state index in [1.54, 1.807) is 0 Å².